The molecule has 6 nitrogen and oxygen atoms in total. The van der Waals surface area contributed by atoms with Gasteiger partial charge in [0, 0.05) is 10.6 Å². The van der Waals surface area contributed by atoms with Crippen LogP contribution >= 0.6 is 11.6 Å². The quantitative estimate of drug-likeness (QED) is 0.425. The van der Waals surface area contributed by atoms with Crippen molar-refractivity contribution >= 4 is 32.7 Å². The molecule has 0 aliphatic heterocycles. The highest BCUT2D eigenvalue weighted by atomic mass is 35.5. The van der Waals surface area contributed by atoms with E-state index >= 15 is 0 Å². The van der Waals surface area contributed by atoms with Gasteiger partial charge in [-0.05, 0) is 60.5 Å². The summed E-state index contributed by atoms with van der Waals surface area (Å²) in [6.45, 7) is -0.917. The van der Waals surface area contributed by atoms with Gasteiger partial charge in [0.25, 0.3) is 0 Å². The van der Waals surface area contributed by atoms with Gasteiger partial charge in [0.2, 0.25) is 10.0 Å². The Balaban J connectivity index is 1.76. The van der Waals surface area contributed by atoms with Crippen LogP contribution in [0.3, 0.4) is 0 Å². The Hall–Kier alpha value is -3.01. The molecule has 10 heteroatoms. The molecule has 2 N–H and O–H groups in total. The largest absolute Gasteiger partial charge is 0.434 e. The van der Waals surface area contributed by atoms with Crippen LogP contribution < -0.4 is 9.88 Å². The lowest BCUT2D eigenvalue weighted by Gasteiger charge is -2.14. The van der Waals surface area contributed by atoms with Gasteiger partial charge in [0.15, 0.2) is 0 Å². The molecule has 0 aliphatic carbocycles. The van der Waals surface area contributed by atoms with Gasteiger partial charge in [-0.2, -0.15) is 8.78 Å². The number of alkyl halides is 2. The van der Waals surface area contributed by atoms with Gasteiger partial charge in [0.1, 0.15) is 11.6 Å². The van der Waals surface area contributed by atoms with Gasteiger partial charge >= 0.3 is 6.61 Å². The van der Waals surface area contributed by atoms with Crippen LogP contribution in [-0.4, -0.2) is 24.6 Å². The smallest absolute Gasteiger partial charge is 0.387 e. The van der Waals surface area contributed by atoms with Gasteiger partial charge in [-0.15, -0.1) is 0 Å². The van der Waals surface area contributed by atoms with Crippen molar-refractivity contribution in [1.82, 2.24) is 9.55 Å². The minimum Gasteiger partial charge on any atom is -0.434 e. The topological polar surface area (TPSA) is 87.2 Å². The summed E-state index contributed by atoms with van der Waals surface area (Å²) < 4.78 is 55.2. The number of aryl methyl sites for hydroxylation is 1. The SMILES string of the molecule is Cc1nc2ccc(-c3ccc(S(N)(=O)=O)cc3)cc2n1Cc1cc(Cl)ccc1OC(F)F. The second kappa shape index (κ2) is 8.50. The first kappa shape index (κ1) is 22.2. The van der Waals surface area contributed by atoms with E-state index in [0.717, 1.165) is 22.2 Å². The summed E-state index contributed by atoms with van der Waals surface area (Å²) in [6, 6.07) is 16.3. The number of benzene rings is 3. The zero-order valence-corrected chi connectivity index (χ0v) is 18.4. The molecule has 1 heterocycles. The standard InChI is InChI=1S/C22H18ClF2N3O3S/c1-13-27-19-8-4-15(14-2-6-18(7-3-14)32(26,29)30)11-20(19)28(13)12-16-10-17(23)5-9-21(16)31-22(24)25/h2-11,22H,12H2,1H3,(H2,26,29,30). The van der Waals surface area contributed by atoms with E-state index in [9.17, 15) is 17.2 Å². The normalized spacial score (nSPS) is 11.9. The van der Waals surface area contributed by atoms with Gasteiger partial charge < -0.3 is 9.30 Å². The van der Waals surface area contributed by atoms with Crippen molar-refractivity contribution in [3.05, 3.63) is 77.1 Å². The highest BCUT2D eigenvalue weighted by Crippen LogP contribution is 2.30. The third kappa shape index (κ3) is 4.59. The van der Waals surface area contributed by atoms with Crippen LogP contribution in [0.4, 0.5) is 8.78 Å². The fraction of sp³-hybridized carbons (Fsp3) is 0.136. The van der Waals surface area contributed by atoms with E-state index in [-0.39, 0.29) is 17.2 Å². The van der Waals surface area contributed by atoms with E-state index in [0.29, 0.717) is 16.4 Å². The summed E-state index contributed by atoms with van der Waals surface area (Å²) in [5, 5.41) is 5.56. The van der Waals surface area contributed by atoms with Crippen LogP contribution in [0.15, 0.2) is 65.6 Å². The molecule has 1 aromatic heterocycles. The van der Waals surface area contributed by atoms with Gasteiger partial charge in [-0.25, -0.2) is 18.5 Å². The Morgan fingerprint density at radius 1 is 1.06 bits per heavy atom. The van der Waals surface area contributed by atoms with Crippen LogP contribution in [0.2, 0.25) is 5.02 Å². The van der Waals surface area contributed by atoms with E-state index < -0.39 is 16.6 Å². The molecule has 0 fully saturated rings. The summed E-state index contributed by atoms with van der Waals surface area (Å²) in [7, 11) is -3.78. The predicted octanol–water partition coefficient (Wildman–Crippen LogP) is 4.96. The van der Waals surface area contributed by atoms with Crippen molar-refractivity contribution in [2.75, 3.05) is 0 Å². The molecule has 4 rings (SSSR count). The highest BCUT2D eigenvalue weighted by molar-refractivity contribution is 7.89. The molecule has 4 aromatic rings. The predicted molar refractivity (Wildman–Crippen MR) is 118 cm³/mol. The van der Waals surface area contributed by atoms with Crippen molar-refractivity contribution in [2.24, 2.45) is 5.14 Å². The zero-order valence-electron chi connectivity index (χ0n) is 16.8. The van der Waals surface area contributed by atoms with E-state index in [4.69, 9.17) is 16.7 Å². The maximum absolute atomic E-state index is 12.8. The first-order valence-electron chi connectivity index (χ1n) is 9.45. The van der Waals surface area contributed by atoms with Crippen molar-refractivity contribution in [2.45, 2.75) is 25.0 Å². The van der Waals surface area contributed by atoms with Crippen molar-refractivity contribution < 1.29 is 21.9 Å². The maximum Gasteiger partial charge on any atom is 0.387 e. The van der Waals surface area contributed by atoms with E-state index in [1.807, 2.05) is 29.7 Å². The molecule has 0 saturated heterocycles. The highest BCUT2D eigenvalue weighted by Gasteiger charge is 2.15. The number of imidazole rings is 1. The van der Waals surface area contributed by atoms with Crippen LogP contribution in [0.1, 0.15) is 11.4 Å². The number of halogens is 3. The van der Waals surface area contributed by atoms with Gasteiger partial charge in [-0.1, -0.05) is 29.8 Å². The lowest BCUT2D eigenvalue weighted by atomic mass is 10.1. The first-order valence-corrected chi connectivity index (χ1v) is 11.4. The van der Waals surface area contributed by atoms with Crippen LogP contribution in [-0.2, 0) is 16.6 Å². The van der Waals surface area contributed by atoms with E-state index in [1.54, 1.807) is 18.2 Å². The van der Waals surface area contributed by atoms with E-state index in [2.05, 4.69) is 9.72 Å². The molecule has 0 amide bonds. The lowest BCUT2D eigenvalue weighted by molar-refractivity contribution is -0.0504. The third-order valence-electron chi connectivity index (χ3n) is 5.02. The number of primary sulfonamides is 1. The van der Waals surface area contributed by atoms with Gasteiger partial charge in [0.05, 0.1) is 22.5 Å². The number of rotatable bonds is 6. The van der Waals surface area contributed by atoms with Crippen molar-refractivity contribution in [1.29, 1.82) is 0 Å². The number of nitrogens with two attached hydrogens (primary N) is 1. The number of hydrogen-bond acceptors (Lipinski definition) is 4. The fourth-order valence-corrected chi connectivity index (χ4v) is 4.22. The molecule has 0 aliphatic rings. The summed E-state index contributed by atoms with van der Waals surface area (Å²) in [5.41, 5.74) is 3.61. The average molecular weight is 478 g/mol. The fourth-order valence-electron chi connectivity index (χ4n) is 3.51. The summed E-state index contributed by atoms with van der Waals surface area (Å²) in [6.07, 6.45) is 0. The molecule has 0 atom stereocenters. The second-order valence-corrected chi connectivity index (χ2v) is 9.15. The molecule has 0 unspecified atom stereocenters. The van der Waals surface area contributed by atoms with Crippen molar-refractivity contribution in [3.63, 3.8) is 0 Å². The zero-order chi connectivity index (χ0) is 23.0. The molecule has 32 heavy (non-hydrogen) atoms. The van der Waals surface area contributed by atoms with Crippen LogP contribution in [0, 0.1) is 6.92 Å². The Labute approximate surface area is 188 Å². The monoisotopic (exact) mass is 477 g/mol. The minimum atomic E-state index is -3.78. The molecular formula is C22H18ClF2N3O3S. The molecule has 3 aromatic carbocycles. The third-order valence-corrected chi connectivity index (χ3v) is 6.19. The molecule has 0 saturated carbocycles. The molecule has 0 spiro atoms. The van der Waals surface area contributed by atoms with E-state index in [1.165, 1.54) is 24.3 Å². The maximum atomic E-state index is 12.8. The molecule has 0 bridgehead atoms. The molecule has 0 radical (unpaired) electrons. The Kier molecular flexibility index (Phi) is 5.89. The van der Waals surface area contributed by atoms with Crippen molar-refractivity contribution in [3.8, 4) is 16.9 Å². The molecular weight excluding hydrogens is 460 g/mol. The number of sulfonamides is 1. The van der Waals surface area contributed by atoms with Gasteiger partial charge in [-0.3, -0.25) is 0 Å². The number of nitrogens with zero attached hydrogens (tertiary/aromatic N) is 2. The number of hydrogen-bond donors (Lipinski definition) is 1. The number of aromatic nitrogens is 2. The summed E-state index contributed by atoms with van der Waals surface area (Å²) in [5.74, 6) is 0.727. The lowest BCUT2D eigenvalue weighted by Crippen LogP contribution is -2.11. The Bertz CT molecular complexity index is 1400. The minimum absolute atomic E-state index is 0.0238. The Morgan fingerprint density at radius 2 is 1.75 bits per heavy atom. The first-order chi connectivity index (χ1) is 15.1. The molecule has 166 valence electrons. The average Bonchev–Trinajstić information content (AvgIpc) is 3.03. The Morgan fingerprint density at radius 3 is 2.41 bits per heavy atom. The second-order valence-electron chi connectivity index (χ2n) is 7.15. The number of fused-ring (bicyclic) bond motifs is 1. The number of ether oxygens (including phenoxy) is 1. The summed E-state index contributed by atoms with van der Waals surface area (Å²) >= 11 is 6.08. The van der Waals surface area contributed by atoms with Crippen LogP contribution in [0.25, 0.3) is 22.2 Å². The summed E-state index contributed by atoms with van der Waals surface area (Å²) in [4.78, 5) is 4.57. The van der Waals surface area contributed by atoms with Crippen LogP contribution in [0.5, 0.6) is 5.75 Å².